The summed E-state index contributed by atoms with van der Waals surface area (Å²) in [5, 5.41) is 0. The zero-order valence-electron chi connectivity index (χ0n) is 13.4. The average Bonchev–Trinajstić information content (AvgIpc) is 2.93. The first kappa shape index (κ1) is 19.1. The summed E-state index contributed by atoms with van der Waals surface area (Å²) in [6, 6.07) is 6.61. The van der Waals surface area contributed by atoms with E-state index in [9.17, 15) is 13.2 Å². The van der Waals surface area contributed by atoms with Gasteiger partial charge in [0.15, 0.2) is 0 Å². The van der Waals surface area contributed by atoms with Crippen molar-refractivity contribution in [3.63, 3.8) is 0 Å². The third-order valence-corrected chi connectivity index (χ3v) is 6.19. The van der Waals surface area contributed by atoms with Crippen LogP contribution in [0.25, 0.3) is 0 Å². The van der Waals surface area contributed by atoms with Crippen LogP contribution in [0.5, 0.6) is 0 Å². The van der Waals surface area contributed by atoms with Crippen molar-refractivity contribution in [3.8, 4) is 0 Å². The van der Waals surface area contributed by atoms with Crippen molar-refractivity contribution < 1.29 is 13.2 Å². The number of benzene rings is 1. The predicted octanol–water partition coefficient (Wildman–Crippen LogP) is 3.11. The van der Waals surface area contributed by atoms with E-state index in [-0.39, 0.29) is 16.8 Å². The number of sulfonamides is 1. The van der Waals surface area contributed by atoms with Gasteiger partial charge in [-0.2, -0.15) is 0 Å². The summed E-state index contributed by atoms with van der Waals surface area (Å²) in [6.45, 7) is 0. The highest BCUT2D eigenvalue weighted by molar-refractivity contribution is 9.10. The van der Waals surface area contributed by atoms with Crippen LogP contribution < -0.4 is 10.5 Å². The molecule has 1 fully saturated rings. The van der Waals surface area contributed by atoms with E-state index in [0.717, 1.165) is 36.6 Å². The molecule has 5 nitrogen and oxygen atoms in total. The van der Waals surface area contributed by atoms with Crippen LogP contribution in [0.3, 0.4) is 0 Å². The molecule has 0 heterocycles. The van der Waals surface area contributed by atoms with Crippen molar-refractivity contribution in [1.82, 2.24) is 4.72 Å². The number of nitrogens with one attached hydrogen (secondary N) is 1. The number of primary amides is 1. The maximum absolute atomic E-state index is 12.4. The topological polar surface area (TPSA) is 89.3 Å². The molecule has 0 saturated heterocycles. The Kier molecular flexibility index (Phi) is 7.01. The lowest BCUT2D eigenvalue weighted by atomic mass is 10.1. The lowest BCUT2D eigenvalue weighted by Gasteiger charge is -2.13. The van der Waals surface area contributed by atoms with Crippen molar-refractivity contribution >= 4 is 31.9 Å². The fourth-order valence-electron chi connectivity index (χ4n) is 2.88. The second-order valence-electron chi connectivity index (χ2n) is 6.13. The Bertz CT molecular complexity index is 686. The molecule has 1 saturated carbocycles. The van der Waals surface area contributed by atoms with Crippen LogP contribution in [0.2, 0.25) is 0 Å². The average molecular weight is 415 g/mol. The Balaban J connectivity index is 1.81. The molecular weight excluding hydrogens is 392 g/mol. The highest BCUT2D eigenvalue weighted by Gasteiger charge is 2.27. The van der Waals surface area contributed by atoms with Gasteiger partial charge < -0.3 is 5.73 Å². The number of hydrogen-bond acceptors (Lipinski definition) is 3. The molecule has 2 atom stereocenters. The number of carbonyl (C=O) groups is 1. The molecule has 1 aliphatic rings. The van der Waals surface area contributed by atoms with Gasteiger partial charge in [0, 0.05) is 16.9 Å². The Labute approximate surface area is 151 Å². The standard InChI is InChI=1S/C17H23BrN2O3S/c18-14-7-10-16(11-8-14)24(22,23)20-15-9-6-13(12-15)4-2-1-3-5-17(19)21/h2,4,7-8,10-11,13,15,20H,1,3,5-6,9,12H2,(H2,19,21)/b4-2-/t13-,15+/m1/s1. The molecule has 1 aromatic carbocycles. The predicted molar refractivity (Wildman–Crippen MR) is 97.8 cm³/mol. The van der Waals surface area contributed by atoms with Crippen LogP contribution in [-0.2, 0) is 14.8 Å². The van der Waals surface area contributed by atoms with E-state index in [1.54, 1.807) is 24.3 Å². The molecule has 1 aliphatic carbocycles. The molecule has 0 bridgehead atoms. The summed E-state index contributed by atoms with van der Waals surface area (Å²) in [7, 11) is -3.47. The van der Waals surface area contributed by atoms with E-state index in [0.29, 0.717) is 12.3 Å². The summed E-state index contributed by atoms with van der Waals surface area (Å²) < 4.78 is 28.4. The monoisotopic (exact) mass is 414 g/mol. The molecule has 1 amide bonds. The van der Waals surface area contributed by atoms with Crippen LogP contribution in [-0.4, -0.2) is 20.4 Å². The molecule has 0 aliphatic heterocycles. The number of hydrogen-bond donors (Lipinski definition) is 2. The zero-order valence-corrected chi connectivity index (χ0v) is 15.9. The molecule has 132 valence electrons. The van der Waals surface area contributed by atoms with Crippen LogP contribution in [0.15, 0.2) is 45.8 Å². The first-order valence-corrected chi connectivity index (χ1v) is 10.4. The second-order valence-corrected chi connectivity index (χ2v) is 8.76. The Morgan fingerprint density at radius 3 is 2.67 bits per heavy atom. The molecular formula is C17H23BrN2O3S. The Hall–Kier alpha value is -1.18. The van der Waals surface area contributed by atoms with Gasteiger partial charge >= 0.3 is 0 Å². The van der Waals surface area contributed by atoms with E-state index in [4.69, 9.17) is 5.73 Å². The summed E-state index contributed by atoms with van der Waals surface area (Å²) in [5.74, 6) is 0.114. The lowest BCUT2D eigenvalue weighted by molar-refractivity contribution is -0.118. The van der Waals surface area contributed by atoms with Crippen LogP contribution in [0.1, 0.15) is 38.5 Å². The van der Waals surface area contributed by atoms with Gasteiger partial charge in [-0.3, -0.25) is 4.79 Å². The van der Waals surface area contributed by atoms with E-state index in [1.165, 1.54) is 0 Å². The van der Waals surface area contributed by atoms with Gasteiger partial charge in [0.1, 0.15) is 0 Å². The molecule has 0 aromatic heterocycles. The maximum Gasteiger partial charge on any atom is 0.240 e. The molecule has 24 heavy (non-hydrogen) atoms. The number of allylic oxidation sites excluding steroid dienone is 2. The number of nitrogens with two attached hydrogens (primary N) is 1. The molecule has 0 radical (unpaired) electrons. The van der Waals surface area contributed by atoms with E-state index < -0.39 is 10.0 Å². The smallest absolute Gasteiger partial charge is 0.240 e. The number of rotatable bonds is 8. The fourth-order valence-corrected chi connectivity index (χ4v) is 4.43. The minimum atomic E-state index is -3.47. The summed E-state index contributed by atoms with van der Waals surface area (Å²) in [4.78, 5) is 10.9. The van der Waals surface area contributed by atoms with Gasteiger partial charge in [-0.1, -0.05) is 28.1 Å². The summed E-state index contributed by atoms with van der Waals surface area (Å²) in [5.41, 5.74) is 5.10. The maximum atomic E-state index is 12.4. The number of amides is 1. The highest BCUT2D eigenvalue weighted by Crippen LogP contribution is 2.28. The lowest BCUT2D eigenvalue weighted by Crippen LogP contribution is -2.32. The van der Waals surface area contributed by atoms with E-state index in [2.05, 4.69) is 32.8 Å². The van der Waals surface area contributed by atoms with Gasteiger partial charge in [0.25, 0.3) is 0 Å². The first-order chi connectivity index (χ1) is 11.4. The minimum absolute atomic E-state index is 0.0288. The minimum Gasteiger partial charge on any atom is -0.370 e. The first-order valence-electron chi connectivity index (χ1n) is 8.09. The Morgan fingerprint density at radius 1 is 1.29 bits per heavy atom. The van der Waals surface area contributed by atoms with Crippen molar-refractivity contribution in [1.29, 1.82) is 0 Å². The normalized spacial score (nSPS) is 21.4. The second kappa shape index (κ2) is 8.78. The molecule has 3 N–H and O–H groups in total. The third kappa shape index (κ3) is 6.03. The van der Waals surface area contributed by atoms with Gasteiger partial charge in [-0.15, -0.1) is 0 Å². The number of carbonyl (C=O) groups excluding carboxylic acids is 1. The Morgan fingerprint density at radius 2 is 2.00 bits per heavy atom. The van der Waals surface area contributed by atoms with Crippen molar-refractivity contribution in [2.45, 2.75) is 49.5 Å². The van der Waals surface area contributed by atoms with Crippen LogP contribution in [0.4, 0.5) is 0 Å². The van der Waals surface area contributed by atoms with Gasteiger partial charge in [0.2, 0.25) is 15.9 Å². The van der Waals surface area contributed by atoms with E-state index in [1.807, 2.05) is 0 Å². The van der Waals surface area contributed by atoms with Crippen molar-refractivity contribution in [2.24, 2.45) is 11.7 Å². The summed E-state index contributed by atoms with van der Waals surface area (Å²) >= 11 is 3.30. The SMILES string of the molecule is NC(=O)CCC/C=C\[C@@H]1CC[C@H](NS(=O)(=O)c2ccc(Br)cc2)C1. The summed E-state index contributed by atoms with van der Waals surface area (Å²) in [6.07, 6.45) is 8.82. The largest absolute Gasteiger partial charge is 0.370 e. The number of halogens is 1. The molecule has 7 heteroatoms. The molecule has 2 rings (SSSR count). The van der Waals surface area contributed by atoms with Crippen LogP contribution in [0, 0.1) is 5.92 Å². The van der Waals surface area contributed by atoms with Gasteiger partial charge in [0.05, 0.1) is 4.90 Å². The van der Waals surface area contributed by atoms with Gasteiger partial charge in [-0.25, -0.2) is 13.1 Å². The molecule has 0 unspecified atom stereocenters. The number of unbranched alkanes of at least 4 members (excludes halogenated alkanes) is 1. The quantitative estimate of drug-likeness (QED) is 0.505. The highest BCUT2D eigenvalue weighted by atomic mass is 79.9. The van der Waals surface area contributed by atoms with Crippen LogP contribution >= 0.6 is 15.9 Å². The van der Waals surface area contributed by atoms with E-state index >= 15 is 0 Å². The third-order valence-electron chi connectivity index (χ3n) is 4.12. The fraction of sp³-hybridized carbons (Fsp3) is 0.471. The van der Waals surface area contributed by atoms with Gasteiger partial charge in [-0.05, 0) is 62.3 Å². The van der Waals surface area contributed by atoms with Crippen molar-refractivity contribution in [3.05, 3.63) is 40.9 Å². The zero-order chi connectivity index (χ0) is 17.6. The molecule has 0 spiro atoms. The van der Waals surface area contributed by atoms with Crippen molar-refractivity contribution in [2.75, 3.05) is 0 Å². The molecule has 1 aromatic rings.